The quantitative estimate of drug-likeness (QED) is 0.528. The average molecular weight is 152 g/mol. The zero-order valence-electron chi connectivity index (χ0n) is 7.14. The Morgan fingerprint density at radius 1 is 1.64 bits per heavy atom. The van der Waals surface area contributed by atoms with Crippen molar-refractivity contribution in [2.45, 2.75) is 45.1 Å². The van der Waals surface area contributed by atoms with Gasteiger partial charge in [0.25, 0.3) is 0 Å². The molecule has 0 saturated heterocycles. The average Bonchev–Trinajstić information content (AvgIpc) is 2.29. The van der Waals surface area contributed by atoms with Crippen LogP contribution in [-0.2, 0) is 0 Å². The highest BCUT2D eigenvalue weighted by atomic mass is 16.3. The second kappa shape index (κ2) is 2.34. The minimum atomic E-state index is -0.0611. The summed E-state index contributed by atoms with van der Waals surface area (Å²) in [5.74, 6) is 0. The van der Waals surface area contributed by atoms with Crippen molar-refractivity contribution in [3.05, 3.63) is 11.6 Å². The smallest absolute Gasteiger partial charge is 0.0633 e. The SMILES string of the molecule is C[C@]12CCCC=C1CC[C@@H]2O. The molecule has 0 amide bonds. The minimum absolute atomic E-state index is 0.0611. The molecular formula is C10H16O. The Hall–Kier alpha value is -0.300. The van der Waals surface area contributed by atoms with E-state index in [0.717, 1.165) is 12.8 Å². The summed E-state index contributed by atoms with van der Waals surface area (Å²) in [5, 5.41) is 9.74. The molecule has 62 valence electrons. The van der Waals surface area contributed by atoms with E-state index in [0.29, 0.717) is 0 Å². The summed E-state index contributed by atoms with van der Waals surface area (Å²) in [6.45, 7) is 2.22. The summed E-state index contributed by atoms with van der Waals surface area (Å²) in [6.07, 6.45) is 8.10. The maximum atomic E-state index is 9.74. The van der Waals surface area contributed by atoms with Crippen molar-refractivity contribution in [3.63, 3.8) is 0 Å². The number of allylic oxidation sites excluding steroid dienone is 1. The van der Waals surface area contributed by atoms with Gasteiger partial charge in [-0.1, -0.05) is 18.6 Å². The monoisotopic (exact) mass is 152 g/mol. The third kappa shape index (κ3) is 0.943. The van der Waals surface area contributed by atoms with Crippen LogP contribution < -0.4 is 0 Å². The number of aliphatic hydroxyl groups excluding tert-OH is 1. The molecule has 0 spiro atoms. The molecule has 0 heterocycles. The van der Waals surface area contributed by atoms with Gasteiger partial charge in [0, 0.05) is 5.41 Å². The maximum absolute atomic E-state index is 9.74. The van der Waals surface area contributed by atoms with Crippen LogP contribution in [0.25, 0.3) is 0 Å². The summed E-state index contributed by atoms with van der Waals surface area (Å²) in [4.78, 5) is 0. The van der Waals surface area contributed by atoms with Crippen molar-refractivity contribution in [1.29, 1.82) is 0 Å². The van der Waals surface area contributed by atoms with E-state index in [1.807, 2.05) is 0 Å². The molecule has 1 nitrogen and oxygen atoms in total. The van der Waals surface area contributed by atoms with Crippen LogP contribution in [0.2, 0.25) is 0 Å². The van der Waals surface area contributed by atoms with Gasteiger partial charge in [-0.2, -0.15) is 0 Å². The summed E-state index contributed by atoms with van der Waals surface area (Å²) in [5.41, 5.74) is 1.69. The molecule has 0 aromatic rings. The van der Waals surface area contributed by atoms with Gasteiger partial charge < -0.3 is 5.11 Å². The Balaban J connectivity index is 2.32. The number of hydrogen-bond donors (Lipinski definition) is 1. The van der Waals surface area contributed by atoms with Crippen LogP contribution >= 0.6 is 0 Å². The lowest BCUT2D eigenvalue weighted by Gasteiger charge is -2.32. The van der Waals surface area contributed by atoms with Crippen molar-refractivity contribution in [1.82, 2.24) is 0 Å². The van der Waals surface area contributed by atoms with Crippen molar-refractivity contribution in [2.24, 2.45) is 5.41 Å². The molecule has 2 atom stereocenters. The molecule has 1 saturated carbocycles. The van der Waals surface area contributed by atoms with E-state index >= 15 is 0 Å². The Bertz CT molecular complexity index is 195. The Kier molecular flexibility index (Phi) is 1.57. The van der Waals surface area contributed by atoms with Gasteiger partial charge in [-0.3, -0.25) is 0 Å². The fourth-order valence-corrected chi connectivity index (χ4v) is 2.52. The van der Waals surface area contributed by atoms with E-state index in [9.17, 15) is 5.11 Å². The van der Waals surface area contributed by atoms with Crippen LogP contribution in [0, 0.1) is 5.41 Å². The van der Waals surface area contributed by atoms with Crippen LogP contribution in [0.3, 0.4) is 0 Å². The van der Waals surface area contributed by atoms with Gasteiger partial charge in [0.15, 0.2) is 0 Å². The Morgan fingerprint density at radius 2 is 2.45 bits per heavy atom. The van der Waals surface area contributed by atoms with Crippen LogP contribution in [0.15, 0.2) is 11.6 Å². The highest BCUT2D eigenvalue weighted by Gasteiger charge is 2.42. The third-order valence-electron chi connectivity index (χ3n) is 3.45. The van der Waals surface area contributed by atoms with Crippen LogP contribution in [-0.4, -0.2) is 11.2 Å². The molecule has 0 aromatic heterocycles. The minimum Gasteiger partial charge on any atom is -0.392 e. The van der Waals surface area contributed by atoms with Gasteiger partial charge in [-0.15, -0.1) is 0 Å². The van der Waals surface area contributed by atoms with Crippen molar-refractivity contribution in [3.8, 4) is 0 Å². The number of aliphatic hydroxyl groups is 1. The molecule has 1 fully saturated rings. The zero-order valence-corrected chi connectivity index (χ0v) is 7.14. The predicted molar refractivity (Wildman–Crippen MR) is 45.3 cm³/mol. The van der Waals surface area contributed by atoms with Crippen LogP contribution in [0.4, 0.5) is 0 Å². The summed E-state index contributed by atoms with van der Waals surface area (Å²) in [7, 11) is 0. The van der Waals surface area contributed by atoms with E-state index in [2.05, 4.69) is 13.0 Å². The van der Waals surface area contributed by atoms with Gasteiger partial charge >= 0.3 is 0 Å². The highest BCUT2D eigenvalue weighted by molar-refractivity contribution is 5.23. The first-order chi connectivity index (χ1) is 5.23. The predicted octanol–water partition coefficient (Wildman–Crippen LogP) is 2.26. The number of hydrogen-bond acceptors (Lipinski definition) is 1. The molecule has 11 heavy (non-hydrogen) atoms. The first-order valence-electron chi connectivity index (χ1n) is 4.61. The van der Waals surface area contributed by atoms with Gasteiger partial charge in [-0.25, -0.2) is 0 Å². The van der Waals surface area contributed by atoms with Gasteiger partial charge in [0.05, 0.1) is 6.10 Å². The Morgan fingerprint density at radius 3 is 3.18 bits per heavy atom. The van der Waals surface area contributed by atoms with Crippen LogP contribution in [0.5, 0.6) is 0 Å². The lowest BCUT2D eigenvalue weighted by molar-refractivity contribution is 0.0740. The van der Waals surface area contributed by atoms with Crippen LogP contribution in [0.1, 0.15) is 39.0 Å². The normalized spacial score (nSPS) is 43.5. The molecule has 0 aromatic carbocycles. The largest absolute Gasteiger partial charge is 0.392 e. The lowest BCUT2D eigenvalue weighted by Crippen LogP contribution is -2.29. The lowest BCUT2D eigenvalue weighted by atomic mass is 9.75. The topological polar surface area (TPSA) is 20.2 Å². The molecule has 1 N–H and O–H groups in total. The molecule has 2 rings (SSSR count). The first-order valence-corrected chi connectivity index (χ1v) is 4.61. The molecule has 2 aliphatic rings. The number of fused-ring (bicyclic) bond motifs is 1. The third-order valence-corrected chi connectivity index (χ3v) is 3.45. The zero-order chi connectivity index (χ0) is 7.90. The van der Waals surface area contributed by atoms with Gasteiger partial charge in [-0.05, 0) is 32.1 Å². The van der Waals surface area contributed by atoms with Gasteiger partial charge in [0.2, 0.25) is 0 Å². The maximum Gasteiger partial charge on any atom is 0.0633 e. The Labute approximate surface area is 68.1 Å². The molecule has 0 bridgehead atoms. The molecule has 1 heteroatoms. The standard InChI is InChI=1S/C10H16O/c1-10-7-3-2-4-8(10)5-6-9(10)11/h4,9,11H,2-3,5-7H2,1H3/t9-,10-/m0/s1. The molecular weight excluding hydrogens is 136 g/mol. The fraction of sp³-hybridized carbons (Fsp3) is 0.800. The molecule has 0 radical (unpaired) electrons. The summed E-state index contributed by atoms with van der Waals surface area (Å²) >= 11 is 0. The van der Waals surface area contributed by atoms with Crippen molar-refractivity contribution < 1.29 is 5.11 Å². The van der Waals surface area contributed by atoms with Gasteiger partial charge in [0.1, 0.15) is 0 Å². The van der Waals surface area contributed by atoms with Crippen molar-refractivity contribution >= 4 is 0 Å². The van der Waals surface area contributed by atoms with E-state index < -0.39 is 0 Å². The fourth-order valence-electron chi connectivity index (χ4n) is 2.52. The molecule has 0 unspecified atom stereocenters. The van der Waals surface area contributed by atoms with E-state index in [1.165, 1.54) is 24.8 Å². The van der Waals surface area contributed by atoms with E-state index in [4.69, 9.17) is 0 Å². The van der Waals surface area contributed by atoms with E-state index in [-0.39, 0.29) is 11.5 Å². The highest BCUT2D eigenvalue weighted by Crippen LogP contribution is 2.48. The summed E-state index contributed by atoms with van der Waals surface area (Å²) < 4.78 is 0. The molecule has 0 aliphatic heterocycles. The second-order valence-corrected chi connectivity index (χ2v) is 4.09. The molecule has 2 aliphatic carbocycles. The summed E-state index contributed by atoms with van der Waals surface area (Å²) in [6, 6.07) is 0. The van der Waals surface area contributed by atoms with E-state index in [1.54, 1.807) is 0 Å². The first kappa shape index (κ1) is 7.35. The second-order valence-electron chi connectivity index (χ2n) is 4.09. The van der Waals surface area contributed by atoms with Crippen molar-refractivity contribution in [2.75, 3.05) is 0 Å². The number of rotatable bonds is 0.